The maximum absolute atomic E-state index is 13.0. The van der Waals surface area contributed by atoms with Gasteiger partial charge >= 0.3 is 0 Å². The second-order valence-corrected chi connectivity index (χ2v) is 6.37. The topological polar surface area (TPSA) is 51.7 Å². The molecule has 0 fully saturated rings. The van der Waals surface area contributed by atoms with Crippen molar-refractivity contribution in [3.05, 3.63) is 59.5 Å². The van der Waals surface area contributed by atoms with Crippen molar-refractivity contribution >= 4 is 22.4 Å². The molecule has 0 saturated carbocycles. The van der Waals surface area contributed by atoms with E-state index >= 15 is 0 Å². The van der Waals surface area contributed by atoms with Crippen LogP contribution in [0.25, 0.3) is 11.3 Å². The minimum absolute atomic E-state index is 0.140. The number of methoxy groups -OCH3 is 2. The highest BCUT2D eigenvalue weighted by Gasteiger charge is 2.21. The standard InChI is InChI=1S/C20H20N2O3S/c1-4-22(19(23)15-10-16(24-2)12-17(11-15)25-3)20-21-18(13-26-20)14-8-6-5-7-9-14/h5-13H,4H2,1-3H3. The van der Waals surface area contributed by atoms with Gasteiger partial charge in [-0.1, -0.05) is 30.3 Å². The molecule has 134 valence electrons. The summed E-state index contributed by atoms with van der Waals surface area (Å²) < 4.78 is 10.5. The Balaban J connectivity index is 1.92. The van der Waals surface area contributed by atoms with Crippen molar-refractivity contribution < 1.29 is 14.3 Å². The third-order valence-electron chi connectivity index (χ3n) is 3.95. The maximum Gasteiger partial charge on any atom is 0.260 e. The Morgan fingerprint density at radius 1 is 1.08 bits per heavy atom. The van der Waals surface area contributed by atoms with Crippen LogP contribution in [0.2, 0.25) is 0 Å². The first kappa shape index (κ1) is 17.9. The van der Waals surface area contributed by atoms with Crippen LogP contribution in [0.15, 0.2) is 53.9 Å². The van der Waals surface area contributed by atoms with Crippen LogP contribution in [-0.2, 0) is 0 Å². The van der Waals surface area contributed by atoms with Crippen LogP contribution in [0.1, 0.15) is 17.3 Å². The van der Waals surface area contributed by atoms with Gasteiger partial charge in [-0.25, -0.2) is 4.98 Å². The Morgan fingerprint density at radius 3 is 2.31 bits per heavy atom. The van der Waals surface area contributed by atoms with E-state index in [0.29, 0.717) is 28.7 Å². The number of rotatable bonds is 6. The molecule has 1 amide bonds. The van der Waals surface area contributed by atoms with E-state index in [2.05, 4.69) is 4.98 Å². The third-order valence-corrected chi connectivity index (χ3v) is 4.82. The molecule has 0 saturated heterocycles. The van der Waals surface area contributed by atoms with E-state index in [1.807, 2.05) is 42.6 Å². The van der Waals surface area contributed by atoms with Gasteiger partial charge in [0.25, 0.3) is 5.91 Å². The van der Waals surface area contributed by atoms with Gasteiger partial charge < -0.3 is 9.47 Å². The van der Waals surface area contributed by atoms with Gasteiger partial charge in [-0.15, -0.1) is 11.3 Å². The smallest absolute Gasteiger partial charge is 0.260 e. The number of carbonyl (C=O) groups is 1. The highest BCUT2D eigenvalue weighted by Crippen LogP contribution is 2.30. The van der Waals surface area contributed by atoms with E-state index in [1.54, 1.807) is 37.3 Å². The molecule has 0 aliphatic carbocycles. The molecule has 1 aromatic heterocycles. The number of hydrogen-bond acceptors (Lipinski definition) is 5. The van der Waals surface area contributed by atoms with Gasteiger partial charge in [-0.2, -0.15) is 0 Å². The van der Waals surface area contributed by atoms with Gasteiger partial charge in [0.2, 0.25) is 0 Å². The Labute approximate surface area is 156 Å². The second kappa shape index (κ2) is 8.01. The van der Waals surface area contributed by atoms with Crippen molar-refractivity contribution in [2.45, 2.75) is 6.92 Å². The molecule has 3 aromatic rings. The molecule has 0 radical (unpaired) electrons. The molecule has 3 rings (SSSR count). The first-order chi connectivity index (χ1) is 12.7. The number of thiazole rings is 1. The number of hydrogen-bond donors (Lipinski definition) is 0. The molecule has 2 aromatic carbocycles. The molecule has 6 heteroatoms. The van der Waals surface area contributed by atoms with Crippen molar-refractivity contribution in [1.82, 2.24) is 4.98 Å². The van der Waals surface area contributed by atoms with E-state index in [1.165, 1.54) is 11.3 Å². The normalized spacial score (nSPS) is 10.4. The second-order valence-electron chi connectivity index (χ2n) is 5.53. The fourth-order valence-electron chi connectivity index (χ4n) is 2.58. The van der Waals surface area contributed by atoms with Crippen LogP contribution in [0.4, 0.5) is 5.13 Å². The lowest BCUT2D eigenvalue weighted by Crippen LogP contribution is -2.30. The lowest BCUT2D eigenvalue weighted by atomic mass is 10.1. The molecular weight excluding hydrogens is 348 g/mol. The first-order valence-electron chi connectivity index (χ1n) is 8.22. The summed E-state index contributed by atoms with van der Waals surface area (Å²) in [5, 5.41) is 2.63. The SMILES string of the molecule is CCN(C(=O)c1cc(OC)cc(OC)c1)c1nc(-c2ccccc2)cs1. The van der Waals surface area contributed by atoms with Crippen molar-refractivity contribution in [3.63, 3.8) is 0 Å². The molecule has 0 spiro atoms. The molecule has 5 nitrogen and oxygen atoms in total. The Kier molecular flexibility index (Phi) is 5.53. The molecule has 0 aliphatic rings. The Bertz CT molecular complexity index is 871. The molecule has 0 bridgehead atoms. The summed E-state index contributed by atoms with van der Waals surface area (Å²) in [6, 6.07) is 15.1. The van der Waals surface area contributed by atoms with Crippen molar-refractivity contribution in [2.75, 3.05) is 25.7 Å². The maximum atomic E-state index is 13.0. The van der Waals surface area contributed by atoms with Crippen LogP contribution in [0, 0.1) is 0 Å². The van der Waals surface area contributed by atoms with Gasteiger partial charge in [0.05, 0.1) is 19.9 Å². The molecule has 0 atom stereocenters. The van der Waals surface area contributed by atoms with E-state index in [4.69, 9.17) is 9.47 Å². The third kappa shape index (κ3) is 3.70. The number of ether oxygens (including phenoxy) is 2. The van der Waals surface area contributed by atoms with E-state index in [-0.39, 0.29) is 5.91 Å². The lowest BCUT2D eigenvalue weighted by molar-refractivity contribution is 0.0987. The van der Waals surface area contributed by atoms with Gasteiger partial charge in [-0.05, 0) is 19.1 Å². The fourth-order valence-corrected chi connectivity index (χ4v) is 3.48. The van der Waals surface area contributed by atoms with Crippen molar-refractivity contribution in [3.8, 4) is 22.8 Å². The van der Waals surface area contributed by atoms with Crippen molar-refractivity contribution in [1.29, 1.82) is 0 Å². The van der Waals surface area contributed by atoms with E-state index in [0.717, 1.165) is 11.3 Å². The number of aromatic nitrogens is 1. The number of carbonyl (C=O) groups excluding carboxylic acids is 1. The number of benzene rings is 2. The lowest BCUT2D eigenvalue weighted by Gasteiger charge is -2.18. The molecular formula is C20H20N2O3S. The highest BCUT2D eigenvalue weighted by molar-refractivity contribution is 7.14. The van der Waals surface area contributed by atoms with Gasteiger partial charge in [0.1, 0.15) is 11.5 Å². The Hall–Kier alpha value is -2.86. The zero-order valence-corrected chi connectivity index (χ0v) is 15.7. The average molecular weight is 368 g/mol. The minimum atomic E-state index is -0.140. The number of nitrogens with zero attached hydrogens (tertiary/aromatic N) is 2. The molecule has 1 heterocycles. The fraction of sp³-hybridized carbons (Fsp3) is 0.200. The average Bonchev–Trinajstić information content (AvgIpc) is 3.18. The summed E-state index contributed by atoms with van der Waals surface area (Å²) in [7, 11) is 3.13. The summed E-state index contributed by atoms with van der Waals surface area (Å²) in [6.45, 7) is 2.44. The number of amides is 1. The predicted molar refractivity (Wildman–Crippen MR) is 104 cm³/mol. The summed E-state index contributed by atoms with van der Waals surface area (Å²) in [5.74, 6) is 1.01. The Morgan fingerprint density at radius 2 is 1.73 bits per heavy atom. The van der Waals surface area contributed by atoms with E-state index in [9.17, 15) is 4.79 Å². The largest absolute Gasteiger partial charge is 0.497 e. The summed E-state index contributed by atoms with van der Waals surface area (Å²) >= 11 is 1.45. The van der Waals surface area contributed by atoms with Crippen LogP contribution in [0.3, 0.4) is 0 Å². The van der Waals surface area contributed by atoms with Crippen LogP contribution >= 0.6 is 11.3 Å². The van der Waals surface area contributed by atoms with Crippen LogP contribution in [0.5, 0.6) is 11.5 Å². The molecule has 0 N–H and O–H groups in total. The first-order valence-corrected chi connectivity index (χ1v) is 9.10. The van der Waals surface area contributed by atoms with Crippen LogP contribution in [-0.4, -0.2) is 31.7 Å². The van der Waals surface area contributed by atoms with Crippen molar-refractivity contribution in [2.24, 2.45) is 0 Å². The minimum Gasteiger partial charge on any atom is -0.497 e. The summed E-state index contributed by atoms with van der Waals surface area (Å²) in [4.78, 5) is 19.3. The molecule has 0 unspecified atom stereocenters. The number of anilines is 1. The van der Waals surface area contributed by atoms with Gasteiger partial charge in [-0.3, -0.25) is 9.69 Å². The summed E-state index contributed by atoms with van der Waals surface area (Å²) in [5.41, 5.74) is 2.39. The summed E-state index contributed by atoms with van der Waals surface area (Å²) in [6.07, 6.45) is 0. The highest BCUT2D eigenvalue weighted by atomic mass is 32.1. The zero-order chi connectivity index (χ0) is 18.5. The van der Waals surface area contributed by atoms with E-state index < -0.39 is 0 Å². The van der Waals surface area contributed by atoms with Crippen LogP contribution < -0.4 is 14.4 Å². The molecule has 0 aliphatic heterocycles. The zero-order valence-electron chi connectivity index (χ0n) is 14.9. The molecule has 26 heavy (non-hydrogen) atoms. The van der Waals surface area contributed by atoms with Gasteiger partial charge in [0, 0.05) is 29.1 Å². The quantitative estimate of drug-likeness (QED) is 0.643. The van der Waals surface area contributed by atoms with Gasteiger partial charge in [0.15, 0.2) is 5.13 Å². The monoisotopic (exact) mass is 368 g/mol. The predicted octanol–water partition coefficient (Wildman–Crippen LogP) is 4.49.